The number of benzene rings is 1. The van der Waals surface area contributed by atoms with Gasteiger partial charge in [0.1, 0.15) is 26.3 Å². The lowest BCUT2D eigenvalue weighted by Crippen LogP contribution is -3.09. The topological polar surface area (TPSA) is 61.7 Å². The number of nitrogens with zero attached hydrogens (tertiary/aromatic N) is 2. The first-order chi connectivity index (χ1) is 10.5. The largest absolute Gasteiger partial charge is 0.335 e. The van der Waals surface area contributed by atoms with E-state index in [2.05, 4.69) is 14.1 Å². The van der Waals surface area contributed by atoms with E-state index >= 15 is 0 Å². The fourth-order valence-corrected chi connectivity index (χ4v) is 2.43. The predicted octanol–water partition coefficient (Wildman–Crippen LogP) is -1.82. The maximum Gasteiger partial charge on any atom is 0.279 e. The van der Waals surface area contributed by atoms with Gasteiger partial charge in [0, 0.05) is 10.7 Å². The van der Waals surface area contributed by atoms with E-state index in [0.29, 0.717) is 18.2 Å². The Kier molecular flexibility index (Phi) is 5.76. The average molecular weight is 327 g/mol. The number of rotatable bonds is 6. The summed E-state index contributed by atoms with van der Waals surface area (Å²) in [7, 11) is 4.16. The molecule has 0 spiro atoms. The molecule has 0 atom stereocenters. The number of halogens is 1. The second kappa shape index (κ2) is 7.58. The lowest BCUT2D eigenvalue weighted by atomic mass is 10.3. The van der Waals surface area contributed by atoms with Gasteiger partial charge in [0.15, 0.2) is 6.54 Å². The van der Waals surface area contributed by atoms with Crippen LogP contribution in [0.25, 0.3) is 0 Å². The molecule has 3 N–H and O–H groups in total. The molecular weight excluding hydrogens is 304 g/mol. The van der Waals surface area contributed by atoms with Crippen LogP contribution in [-0.2, 0) is 9.59 Å². The zero-order valence-electron chi connectivity index (χ0n) is 13.0. The van der Waals surface area contributed by atoms with Gasteiger partial charge in [0.2, 0.25) is 5.91 Å². The van der Waals surface area contributed by atoms with Crippen LogP contribution in [0.15, 0.2) is 24.3 Å². The Morgan fingerprint density at radius 2 is 2.00 bits per heavy atom. The number of hydrogen-bond acceptors (Lipinski definition) is 2. The van der Waals surface area contributed by atoms with E-state index in [0.717, 1.165) is 18.8 Å². The van der Waals surface area contributed by atoms with E-state index in [-0.39, 0.29) is 18.4 Å². The van der Waals surface area contributed by atoms with Crippen LogP contribution in [0.2, 0.25) is 5.02 Å². The van der Waals surface area contributed by atoms with Gasteiger partial charge >= 0.3 is 0 Å². The van der Waals surface area contributed by atoms with Crippen molar-refractivity contribution in [2.24, 2.45) is 0 Å². The third-order valence-corrected chi connectivity index (χ3v) is 3.85. The van der Waals surface area contributed by atoms with Crippen LogP contribution in [-0.4, -0.2) is 63.7 Å². The van der Waals surface area contributed by atoms with E-state index in [9.17, 15) is 9.59 Å². The zero-order chi connectivity index (χ0) is 16.1. The predicted molar refractivity (Wildman–Crippen MR) is 84.9 cm³/mol. The summed E-state index contributed by atoms with van der Waals surface area (Å²) in [5.74, 6) is -0.0630. The number of likely N-dealkylation sites (N-methyl/N-ethyl adjacent to an activating group) is 1. The quantitative estimate of drug-likeness (QED) is 0.605. The summed E-state index contributed by atoms with van der Waals surface area (Å²) < 4.78 is 0. The minimum atomic E-state index is -0.0617. The number of anilines is 1. The van der Waals surface area contributed by atoms with Crippen molar-refractivity contribution in [2.45, 2.75) is 0 Å². The number of amides is 2. The molecule has 2 rings (SSSR count). The van der Waals surface area contributed by atoms with Crippen molar-refractivity contribution in [2.75, 3.05) is 51.8 Å². The molecule has 1 aliphatic rings. The smallest absolute Gasteiger partial charge is 0.279 e. The van der Waals surface area contributed by atoms with Gasteiger partial charge in [0.05, 0.1) is 14.1 Å². The molecule has 120 valence electrons. The maximum atomic E-state index is 12.2. The Morgan fingerprint density at radius 1 is 1.32 bits per heavy atom. The minimum Gasteiger partial charge on any atom is -0.335 e. The van der Waals surface area contributed by atoms with Gasteiger partial charge in [-0.2, -0.15) is 0 Å². The third kappa shape index (κ3) is 4.43. The van der Waals surface area contributed by atoms with Crippen molar-refractivity contribution in [1.29, 1.82) is 0 Å². The van der Waals surface area contributed by atoms with Crippen LogP contribution in [0.4, 0.5) is 5.69 Å². The summed E-state index contributed by atoms with van der Waals surface area (Å²) in [6, 6.07) is 7.07. The minimum absolute atomic E-state index is 0.00132. The van der Waals surface area contributed by atoms with E-state index in [1.807, 2.05) is 5.32 Å². The molecule has 0 saturated carbocycles. The molecule has 1 aromatic carbocycles. The Hall–Kier alpha value is -1.63. The van der Waals surface area contributed by atoms with Crippen molar-refractivity contribution in [3.05, 3.63) is 29.3 Å². The maximum absolute atomic E-state index is 12.2. The van der Waals surface area contributed by atoms with Crippen LogP contribution >= 0.6 is 11.6 Å². The molecule has 1 saturated heterocycles. The number of carbonyl (C=O) groups excluding carboxylic acids is 2. The first-order valence-electron chi connectivity index (χ1n) is 7.42. The SMILES string of the molecule is C[NH+](C)CC[NH2+]CC(=O)N1CC(=O)N(c2ccc(Cl)cc2)C1. The molecule has 0 radical (unpaired) electrons. The molecule has 1 aliphatic heterocycles. The normalized spacial score (nSPS) is 15.0. The van der Waals surface area contributed by atoms with Crippen molar-refractivity contribution < 1.29 is 19.8 Å². The highest BCUT2D eigenvalue weighted by molar-refractivity contribution is 6.30. The van der Waals surface area contributed by atoms with Gasteiger partial charge in [-0.05, 0) is 24.3 Å². The van der Waals surface area contributed by atoms with E-state index in [4.69, 9.17) is 11.6 Å². The second-order valence-electron chi connectivity index (χ2n) is 5.77. The molecule has 0 unspecified atom stereocenters. The van der Waals surface area contributed by atoms with E-state index in [1.165, 1.54) is 4.90 Å². The van der Waals surface area contributed by atoms with Gasteiger partial charge in [-0.25, -0.2) is 0 Å². The molecule has 0 bridgehead atoms. The fourth-order valence-electron chi connectivity index (χ4n) is 2.31. The summed E-state index contributed by atoms with van der Waals surface area (Å²) >= 11 is 5.85. The highest BCUT2D eigenvalue weighted by Gasteiger charge is 2.32. The molecule has 22 heavy (non-hydrogen) atoms. The van der Waals surface area contributed by atoms with Crippen LogP contribution in [0, 0.1) is 0 Å². The third-order valence-electron chi connectivity index (χ3n) is 3.60. The Balaban J connectivity index is 1.86. The average Bonchev–Trinajstić information content (AvgIpc) is 2.86. The molecule has 1 aromatic rings. The van der Waals surface area contributed by atoms with Crippen LogP contribution in [0.5, 0.6) is 0 Å². The zero-order valence-corrected chi connectivity index (χ0v) is 13.8. The summed E-state index contributed by atoms with van der Waals surface area (Å²) in [6.45, 7) is 2.75. The van der Waals surface area contributed by atoms with Crippen LogP contribution in [0.3, 0.4) is 0 Å². The second-order valence-corrected chi connectivity index (χ2v) is 6.21. The Bertz CT molecular complexity index is 533. The summed E-state index contributed by atoms with van der Waals surface area (Å²) in [4.78, 5) is 28.8. The molecular formula is C15H23ClN4O2+2. The highest BCUT2D eigenvalue weighted by atomic mass is 35.5. The molecule has 0 aliphatic carbocycles. The van der Waals surface area contributed by atoms with Crippen molar-refractivity contribution in [3.8, 4) is 0 Å². The van der Waals surface area contributed by atoms with Gasteiger partial charge in [-0.15, -0.1) is 0 Å². The first kappa shape index (κ1) is 16.7. The summed E-state index contributed by atoms with van der Waals surface area (Å²) in [5, 5.41) is 2.62. The highest BCUT2D eigenvalue weighted by Crippen LogP contribution is 2.21. The lowest BCUT2D eigenvalue weighted by Gasteiger charge is -2.17. The monoisotopic (exact) mass is 326 g/mol. The fraction of sp³-hybridized carbons (Fsp3) is 0.467. The lowest BCUT2D eigenvalue weighted by molar-refractivity contribution is -0.873. The molecule has 7 heteroatoms. The van der Waals surface area contributed by atoms with Gasteiger partial charge < -0.3 is 15.1 Å². The number of nitrogens with one attached hydrogen (secondary N) is 1. The molecule has 6 nitrogen and oxygen atoms in total. The summed E-state index contributed by atoms with van der Waals surface area (Å²) in [5.41, 5.74) is 0.768. The number of carbonyl (C=O) groups is 2. The van der Waals surface area contributed by atoms with Crippen molar-refractivity contribution in [1.82, 2.24) is 4.90 Å². The summed E-state index contributed by atoms with van der Waals surface area (Å²) in [6.07, 6.45) is 0. The Morgan fingerprint density at radius 3 is 2.64 bits per heavy atom. The molecule has 2 amide bonds. The number of quaternary nitrogens is 2. The van der Waals surface area contributed by atoms with Crippen molar-refractivity contribution in [3.63, 3.8) is 0 Å². The van der Waals surface area contributed by atoms with E-state index < -0.39 is 0 Å². The van der Waals surface area contributed by atoms with Crippen molar-refractivity contribution >= 4 is 29.1 Å². The van der Waals surface area contributed by atoms with Gasteiger partial charge in [-0.3, -0.25) is 14.5 Å². The standard InChI is InChI=1S/C15H21ClN4O2/c1-18(2)8-7-17-9-14(21)19-10-15(22)20(11-19)13-5-3-12(16)4-6-13/h3-6,17H,7-11H2,1-2H3/p+2. The number of hydrogen-bond donors (Lipinski definition) is 2. The molecule has 1 fully saturated rings. The molecule has 0 aromatic heterocycles. The molecule has 1 heterocycles. The Labute approximate surface area is 135 Å². The van der Waals surface area contributed by atoms with E-state index in [1.54, 1.807) is 34.1 Å². The number of nitrogens with two attached hydrogens (primary N) is 1. The van der Waals surface area contributed by atoms with Gasteiger partial charge in [-0.1, -0.05) is 11.6 Å². The van der Waals surface area contributed by atoms with Crippen LogP contribution < -0.4 is 15.1 Å². The first-order valence-corrected chi connectivity index (χ1v) is 7.79. The van der Waals surface area contributed by atoms with Crippen LogP contribution in [0.1, 0.15) is 0 Å². The van der Waals surface area contributed by atoms with Gasteiger partial charge in [0.25, 0.3) is 5.91 Å².